The Morgan fingerprint density at radius 3 is 2.71 bits per heavy atom. The molecule has 1 aliphatic heterocycles. The Balaban J connectivity index is 1.66. The zero-order chi connectivity index (χ0) is 20.1. The van der Waals surface area contributed by atoms with Crippen LogP contribution >= 0.6 is 0 Å². The monoisotopic (exact) mass is 386 g/mol. The van der Waals surface area contributed by atoms with Crippen molar-refractivity contribution >= 4 is 18.1 Å². The zero-order valence-electron chi connectivity index (χ0n) is 15.8. The minimum atomic E-state index is -3.24. The van der Waals surface area contributed by atoms with Crippen LogP contribution in [0.2, 0.25) is 0 Å². The van der Waals surface area contributed by atoms with Crippen LogP contribution < -0.4 is 15.9 Å². The number of benzene rings is 1. The lowest BCUT2D eigenvalue weighted by atomic mass is 10.0. The summed E-state index contributed by atoms with van der Waals surface area (Å²) >= 11 is 0. The van der Waals surface area contributed by atoms with E-state index in [0.717, 1.165) is 35.2 Å². The molecule has 0 spiro atoms. The third-order valence-electron chi connectivity index (χ3n) is 5.34. The van der Waals surface area contributed by atoms with Crippen molar-refractivity contribution in [3.8, 4) is 0 Å². The first-order valence-corrected chi connectivity index (χ1v) is 9.11. The number of fused-ring (bicyclic) bond motifs is 1. The van der Waals surface area contributed by atoms with Gasteiger partial charge in [0.2, 0.25) is 0 Å². The Morgan fingerprint density at radius 1 is 1.29 bits per heavy atom. The molecule has 2 aliphatic rings. The van der Waals surface area contributed by atoms with Crippen molar-refractivity contribution in [2.45, 2.75) is 44.7 Å². The molecule has 0 unspecified atom stereocenters. The van der Waals surface area contributed by atoms with E-state index in [1.165, 1.54) is 18.5 Å². The molecule has 2 heterocycles. The first-order valence-electron chi connectivity index (χ1n) is 9.11. The van der Waals surface area contributed by atoms with Gasteiger partial charge in [-0.3, -0.25) is 0 Å². The van der Waals surface area contributed by atoms with E-state index in [1.807, 2.05) is 12.3 Å². The van der Waals surface area contributed by atoms with E-state index in [-0.39, 0.29) is 17.6 Å². The van der Waals surface area contributed by atoms with Crippen molar-refractivity contribution in [3.05, 3.63) is 64.3 Å². The molecule has 1 N–H and O–H groups in total. The average Bonchev–Trinajstić information content (AvgIpc) is 3.37. The SMILES string of the molecule is C=C1C=c2ncnc(NCc3cccc(C(C)(F)F)c3F)c2=CN1C1(C)CC1. The van der Waals surface area contributed by atoms with Crippen LogP contribution in [-0.4, -0.2) is 20.4 Å². The van der Waals surface area contributed by atoms with Gasteiger partial charge in [-0.15, -0.1) is 0 Å². The minimum absolute atomic E-state index is 0.0330. The van der Waals surface area contributed by atoms with Gasteiger partial charge in [-0.2, -0.15) is 0 Å². The fraction of sp³-hybridized carbons (Fsp3) is 0.333. The second-order valence-corrected chi connectivity index (χ2v) is 7.67. The summed E-state index contributed by atoms with van der Waals surface area (Å²) in [5.41, 5.74) is 0.453. The van der Waals surface area contributed by atoms with Crippen LogP contribution in [-0.2, 0) is 12.5 Å². The molecule has 0 amide bonds. The number of hydrogen-bond donors (Lipinski definition) is 1. The molecule has 0 saturated heterocycles. The number of aromatic nitrogens is 2. The number of anilines is 1. The molecule has 0 atom stereocenters. The highest BCUT2D eigenvalue weighted by Gasteiger charge is 2.43. The Hall–Kier alpha value is -2.83. The highest BCUT2D eigenvalue weighted by molar-refractivity contribution is 5.57. The Kier molecular flexibility index (Phi) is 4.21. The maximum Gasteiger partial charge on any atom is 0.273 e. The average molecular weight is 386 g/mol. The summed E-state index contributed by atoms with van der Waals surface area (Å²) < 4.78 is 41.7. The molecule has 4 nitrogen and oxygen atoms in total. The van der Waals surface area contributed by atoms with Gasteiger partial charge in [-0.25, -0.2) is 23.1 Å². The highest BCUT2D eigenvalue weighted by atomic mass is 19.3. The van der Waals surface area contributed by atoms with E-state index < -0.39 is 17.3 Å². The normalized spacial score (nSPS) is 17.5. The summed E-state index contributed by atoms with van der Waals surface area (Å²) in [4.78, 5) is 10.7. The summed E-state index contributed by atoms with van der Waals surface area (Å²) in [5.74, 6) is -3.62. The quantitative estimate of drug-likeness (QED) is 0.857. The van der Waals surface area contributed by atoms with Gasteiger partial charge in [0.25, 0.3) is 5.92 Å². The van der Waals surface area contributed by atoms with Crippen LogP contribution in [0.1, 0.15) is 37.8 Å². The van der Waals surface area contributed by atoms with Crippen molar-refractivity contribution < 1.29 is 13.2 Å². The van der Waals surface area contributed by atoms with E-state index in [1.54, 1.807) is 0 Å². The molecule has 4 rings (SSSR count). The van der Waals surface area contributed by atoms with E-state index in [2.05, 4.69) is 33.7 Å². The predicted molar refractivity (Wildman–Crippen MR) is 102 cm³/mol. The van der Waals surface area contributed by atoms with Gasteiger partial charge < -0.3 is 10.2 Å². The Bertz CT molecular complexity index is 1070. The largest absolute Gasteiger partial charge is 0.365 e. The van der Waals surface area contributed by atoms with E-state index in [0.29, 0.717) is 12.7 Å². The number of allylic oxidation sites excluding steroid dienone is 1. The van der Waals surface area contributed by atoms with Crippen molar-refractivity contribution in [2.75, 3.05) is 5.32 Å². The summed E-state index contributed by atoms with van der Waals surface area (Å²) in [6, 6.07) is 4.02. The number of nitrogens with zero attached hydrogens (tertiary/aromatic N) is 3. The molecule has 0 bridgehead atoms. The lowest BCUT2D eigenvalue weighted by molar-refractivity contribution is 0.0136. The number of halogens is 3. The van der Waals surface area contributed by atoms with E-state index in [4.69, 9.17) is 0 Å². The Labute approximate surface area is 161 Å². The molecule has 28 heavy (non-hydrogen) atoms. The van der Waals surface area contributed by atoms with Crippen molar-refractivity contribution in [1.82, 2.24) is 14.9 Å². The van der Waals surface area contributed by atoms with E-state index in [9.17, 15) is 13.2 Å². The predicted octanol–water partition coefficient (Wildman–Crippen LogP) is 3.24. The van der Waals surface area contributed by atoms with Crippen LogP contribution in [0.4, 0.5) is 19.0 Å². The second kappa shape index (κ2) is 6.36. The van der Waals surface area contributed by atoms with Crippen molar-refractivity contribution in [2.24, 2.45) is 0 Å². The van der Waals surface area contributed by atoms with Crippen LogP contribution in [0.5, 0.6) is 0 Å². The number of nitrogens with one attached hydrogen (secondary N) is 1. The molecule has 0 radical (unpaired) electrons. The fourth-order valence-electron chi connectivity index (χ4n) is 3.39. The molecular weight excluding hydrogens is 365 g/mol. The van der Waals surface area contributed by atoms with Gasteiger partial charge in [0.1, 0.15) is 18.0 Å². The molecule has 1 aliphatic carbocycles. The van der Waals surface area contributed by atoms with Gasteiger partial charge in [0, 0.05) is 36.5 Å². The molecular formula is C21H21F3N4. The smallest absolute Gasteiger partial charge is 0.273 e. The molecule has 2 aromatic rings. The maximum absolute atomic E-state index is 14.5. The lowest BCUT2D eigenvalue weighted by Gasteiger charge is -2.30. The van der Waals surface area contributed by atoms with Crippen molar-refractivity contribution in [3.63, 3.8) is 0 Å². The third kappa shape index (κ3) is 3.25. The topological polar surface area (TPSA) is 41.1 Å². The number of hydrogen-bond acceptors (Lipinski definition) is 4. The molecule has 1 fully saturated rings. The molecule has 1 aromatic carbocycles. The first kappa shape index (κ1) is 18.5. The molecule has 1 aromatic heterocycles. The number of alkyl halides is 2. The molecule has 146 valence electrons. The first-order chi connectivity index (χ1) is 13.2. The van der Waals surface area contributed by atoms with Gasteiger partial charge in [0.05, 0.1) is 16.1 Å². The van der Waals surface area contributed by atoms with E-state index >= 15 is 0 Å². The second-order valence-electron chi connectivity index (χ2n) is 7.67. The van der Waals surface area contributed by atoms with Crippen molar-refractivity contribution in [1.29, 1.82) is 0 Å². The lowest BCUT2D eigenvalue weighted by Crippen LogP contribution is -2.42. The van der Waals surface area contributed by atoms with Gasteiger partial charge in [-0.1, -0.05) is 24.8 Å². The molecule has 1 saturated carbocycles. The van der Waals surface area contributed by atoms with Gasteiger partial charge in [-0.05, 0) is 25.8 Å². The van der Waals surface area contributed by atoms with Crippen LogP contribution in [0, 0.1) is 5.82 Å². The zero-order valence-corrected chi connectivity index (χ0v) is 15.8. The molecule has 7 heteroatoms. The van der Waals surface area contributed by atoms with Crippen LogP contribution in [0.3, 0.4) is 0 Å². The summed E-state index contributed by atoms with van der Waals surface area (Å²) in [5, 5.41) is 4.57. The standard InChI is InChI=1S/C21H21F3N4/c1-13-9-17-15(11-28(13)20(2)7-8-20)19(27-12-26-17)25-10-14-5-4-6-16(18(14)22)21(3,23)24/h4-6,9,11-12H,1,7-8,10H2,2-3H3,(H,25,26,27). The summed E-state index contributed by atoms with van der Waals surface area (Å²) in [7, 11) is 0. The number of rotatable bonds is 5. The fourth-order valence-corrected chi connectivity index (χ4v) is 3.39. The van der Waals surface area contributed by atoms with Gasteiger partial charge >= 0.3 is 0 Å². The Morgan fingerprint density at radius 2 is 2.04 bits per heavy atom. The third-order valence-corrected chi connectivity index (χ3v) is 5.34. The highest BCUT2D eigenvalue weighted by Crippen LogP contribution is 2.43. The minimum Gasteiger partial charge on any atom is -0.365 e. The summed E-state index contributed by atoms with van der Waals surface area (Å²) in [6.45, 7) is 6.99. The maximum atomic E-state index is 14.5. The summed E-state index contributed by atoms with van der Waals surface area (Å²) in [6.07, 6.45) is 7.42. The van der Waals surface area contributed by atoms with Gasteiger partial charge in [0.15, 0.2) is 0 Å². The van der Waals surface area contributed by atoms with Crippen LogP contribution in [0.25, 0.3) is 12.3 Å². The van der Waals surface area contributed by atoms with Crippen LogP contribution in [0.15, 0.2) is 36.8 Å².